The molecule has 2 N–H and O–H groups in total. The van der Waals surface area contributed by atoms with Crippen LogP contribution < -0.4 is 15.1 Å². The average molecular weight is 458 g/mol. The molecule has 0 bridgehead atoms. The van der Waals surface area contributed by atoms with Crippen molar-refractivity contribution in [2.24, 2.45) is 0 Å². The molecule has 0 radical (unpaired) electrons. The number of fused-ring (bicyclic) bond motifs is 1. The maximum atomic E-state index is 13.3. The van der Waals surface area contributed by atoms with Gasteiger partial charge in [0.2, 0.25) is 5.43 Å². The van der Waals surface area contributed by atoms with E-state index in [1.807, 2.05) is 32.0 Å². The summed E-state index contributed by atoms with van der Waals surface area (Å²) in [6, 6.07) is 9.85. The van der Waals surface area contributed by atoms with Crippen LogP contribution in [0.1, 0.15) is 27.9 Å². The lowest BCUT2D eigenvalue weighted by Crippen LogP contribution is -2.30. The molecule has 1 amide bonds. The summed E-state index contributed by atoms with van der Waals surface area (Å²) < 4.78 is 32.8. The molecule has 0 atom stereocenters. The second kappa shape index (κ2) is 9.54. The average Bonchev–Trinajstić information content (AvgIpc) is 2.76. The van der Waals surface area contributed by atoms with E-state index in [4.69, 9.17) is 4.74 Å². The number of nitrogens with zero attached hydrogens (tertiary/aromatic N) is 1. The van der Waals surface area contributed by atoms with Crippen LogP contribution in [0.4, 0.5) is 5.69 Å². The van der Waals surface area contributed by atoms with Crippen molar-refractivity contribution in [3.05, 3.63) is 69.5 Å². The van der Waals surface area contributed by atoms with Crippen molar-refractivity contribution < 1.29 is 17.9 Å². The number of rotatable bonds is 8. The van der Waals surface area contributed by atoms with Crippen molar-refractivity contribution in [1.82, 2.24) is 10.3 Å². The molecule has 2 aromatic carbocycles. The van der Waals surface area contributed by atoms with E-state index in [0.29, 0.717) is 30.8 Å². The lowest BCUT2D eigenvalue weighted by atomic mass is 10.1. The first-order valence-electron chi connectivity index (χ1n) is 10.2. The molecule has 8 nitrogen and oxygen atoms in total. The molecule has 0 saturated carbocycles. The van der Waals surface area contributed by atoms with Gasteiger partial charge in [-0.3, -0.25) is 13.9 Å². The highest BCUT2D eigenvalue weighted by atomic mass is 32.2. The fraction of sp³-hybridized carbons (Fsp3) is 0.304. The standard InChI is InChI=1S/C23H27N3O5S/c1-15-7-5-8-16(2)21(15)26(3)32(29,30)17-9-10-20-18(13-17)22(27)19(14-25-20)23(28)24-11-6-12-31-4/h5,7-10,13-14H,6,11-12H2,1-4H3,(H,24,28)(H,25,27). The van der Waals surface area contributed by atoms with E-state index >= 15 is 0 Å². The lowest BCUT2D eigenvalue weighted by Gasteiger charge is -2.23. The van der Waals surface area contributed by atoms with Crippen LogP contribution in [0.15, 0.2) is 52.3 Å². The maximum Gasteiger partial charge on any atom is 0.264 e. The predicted octanol–water partition coefficient (Wildman–Crippen LogP) is 2.74. The number of pyridine rings is 1. The fourth-order valence-corrected chi connectivity index (χ4v) is 4.97. The van der Waals surface area contributed by atoms with Gasteiger partial charge in [0.15, 0.2) is 0 Å². The van der Waals surface area contributed by atoms with Gasteiger partial charge in [0.25, 0.3) is 15.9 Å². The number of benzene rings is 2. The molecule has 0 unspecified atom stereocenters. The van der Waals surface area contributed by atoms with Gasteiger partial charge in [0, 0.05) is 44.4 Å². The third-order valence-corrected chi connectivity index (χ3v) is 7.07. The molecule has 3 rings (SSSR count). The number of anilines is 1. The topological polar surface area (TPSA) is 109 Å². The molecular formula is C23H27N3O5S. The van der Waals surface area contributed by atoms with Crippen LogP contribution in [0.2, 0.25) is 0 Å². The summed E-state index contributed by atoms with van der Waals surface area (Å²) in [7, 11) is -0.875. The second-order valence-electron chi connectivity index (χ2n) is 7.55. The van der Waals surface area contributed by atoms with E-state index in [1.165, 1.54) is 35.7 Å². The number of sulfonamides is 1. The minimum absolute atomic E-state index is 0.0293. The summed E-state index contributed by atoms with van der Waals surface area (Å²) in [4.78, 5) is 28.3. The first kappa shape index (κ1) is 23.5. The van der Waals surface area contributed by atoms with Gasteiger partial charge in [-0.2, -0.15) is 0 Å². The molecule has 0 aliphatic rings. The quantitative estimate of drug-likeness (QED) is 0.506. The number of ether oxygens (including phenoxy) is 1. The van der Waals surface area contributed by atoms with Crippen molar-refractivity contribution in [3.63, 3.8) is 0 Å². The van der Waals surface area contributed by atoms with E-state index in [-0.39, 0.29) is 15.8 Å². The van der Waals surface area contributed by atoms with Gasteiger partial charge < -0.3 is 15.0 Å². The van der Waals surface area contributed by atoms with Crippen LogP contribution in [0.25, 0.3) is 10.9 Å². The van der Waals surface area contributed by atoms with E-state index in [1.54, 1.807) is 7.11 Å². The third kappa shape index (κ3) is 4.53. The minimum Gasteiger partial charge on any atom is -0.385 e. The number of H-pyrrole nitrogens is 1. The van der Waals surface area contributed by atoms with E-state index in [0.717, 1.165) is 11.1 Å². The van der Waals surface area contributed by atoms with Crippen LogP contribution >= 0.6 is 0 Å². The molecule has 32 heavy (non-hydrogen) atoms. The van der Waals surface area contributed by atoms with Gasteiger partial charge in [-0.1, -0.05) is 18.2 Å². The number of hydrogen-bond donors (Lipinski definition) is 2. The molecule has 3 aromatic rings. The number of carbonyl (C=O) groups is 1. The monoisotopic (exact) mass is 457 g/mol. The highest BCUT2D eigenvalue weighted by molar-refractivity contribution is 7.92. The van der Waals surface area contributed by atoms with Gasteiger partial charge in [-0.15, -0.1) is 0 Å². The second-order valence-corrected chi connectivity index (χ2v) is 9.52. The van der Waals surface area contributed by atoms with Crippen molar-refractivity contribution >= 4 is 32.5 Å². The third-order valence-electron chi connectivity index (χ3n) is 5.32. The zero-order valence-corrected chi connectivity index (χ0v) is 19.4. The predicted molar refractivity (Wildman–Crippen MR) is 125 cm³/mol. The number of para-hydroxylation sites is 1. The van der Waals surface area contributed by atoms with Gasteiger partial charge in [0.1, 0.15) is 5.56 Å². The highest BCUT2D eigenvalue weighted by Gasteiger charge is 2.25. The van der Waals surface area contributed by atoms with Crippen LogP contribution in [0.5, 0.6) is 0 Å². The Labute approximate surface area is 187 Å². The van der Waals surface area contributed by atoms with Crippen molar-refractivity contribution in [1.29, 1.82) is 0 Å². The Morgan fingerprint density at radius 1 is 1.16 bits per heavy atom. The SMILES string of the molecule is COCCCNC(=O)c1c[nH]c2ccc(S(=O)(=O)N(C)c3c(C)cccc3C)cc2c1=O. The summed E-state index contributed by atoms with van der Waals surface area (Å²) in [6.07, 6.45) is 1.95. The summed E-state index contributed by atoms with van der Waals surface area (Å²) in [5.41, 5.74) is 2.07. The molecule has 0 saturated heterocycles. The number of aromatic amines is 1. The number of hydrogen-bond acceptors (Lipinski definition) is 5. The summed E-state index contributed by atoms with van der Waals surface area (Å²) >= 11 is 0. The van der Waals surface area contributed by atoms with Gasteiger partial charge in [-0.25, -0.2) is 8.42 Å². The normalized spacial score (nSPS) is 11.5. The zero-order chi connectivity index (χ0) is 23.5. The Balaban J connectivity index is 2.00. The number of carbonyl (C=O) groups excluding carboxylic acids is 1. The van der Waals surface area contributed by atoms with E-state index in [2.05, 4.69) is 10.3 Å². The molecule has 0 fully saturated rings. The molecular weight excluding hydrogens is 430 g/mol. The van der Waals surface area contributed by atoms with Crippen LogP contribution in [0, 0.1) is 13.8 Å². The van der Waals surface area contributed by atoms with Crippen LogP contribution in [0.3, 0.4) is 0 Å². The zero-order valence-electron chi connectivity index (χ0n) is 18.6. The van der Waals surface area contributed by atoms with Crippen LogP contribution in [-0.4, -0.2) is 46.6 Å². The van der Waals surface area contributed by atoms with Gasteiger partial charge >= 0.3 is 0 Å². The number of nitrogens with one attached hydrogen (secondary N) is 2. The molecule has 0 aliphatic heterocycles. The minimum atomic E-state index is -3.93. The molecule has 0 spiro atoms. The Bertz CT molecular complexity index is 1290. The van der Waals surface area contributed by atoms with Gasteiger partial charge in [0.05, 0.1) is 10.6 Å². The summed E-state index contributed by atoms with van der Waals surface area (Å²) in [6.45, 7) is 4.54. The first-order valence-corrected chi connectivity index (χ1v) is 11.6. The van der Waals surface area contributed by atoms with Gasteiger partial charge in [-0.05, 0) is 49.6 Å². The summed E-state index contributed by atoms with van der Waals surface area (Å²) in [5.74, 6) is -0.523. The Morgan fingerprint density at radius 3 is 2.50 bits per heavy atom. The van der Waals surface area contributed by atoms with E-state index < -0.39 is 21.4 Å². The van der Waals surface area contributed by atoms with Crippen molar-refractivity contribution in [2.45, 2.75) is 25.2 Å². The maximum absolute atomic E-state index is 13.3. The molecule has 9 heteroatoms. The summed E-state index contributed by atoms with van der Waals surface area (Å²) in [5, 5.41) is 2.80. The molecule has 170 valence electrons. The smallest absolute Gasteiger partial charge is 0.264 e. The van der Waals surface area contributed by atoms with Crippen molar-refractivity contribution in [3.8, 4) is 0 Å². The molecule has 1 heterocycles. The molecule has 0 aliphatic carbocycles. The lowest BCUT2D eigenvalue weighted by molar-refractivity contribution is 0.0947. The number of aryl methyl sites for hydroxylation is 2. The van der Waals surface area contributed by atoms with E-state index in [9.17, 15) is 18.0 Å². The Hall–Kier alpha value is -3.17. The van der Waals surface area contributed by atoms with Crippen LogP contribution in [-0.2, 0) is 14.8 Å². The number of amides is 1. The Morgan fingerprint density at radius 2 is 1.84 bits per heavy atom. The first-order chi connectivity index (χ1) is 15.2. The Kier molecular flexibility index (Phi) is 7.00. The number of methoxy groups -OCH3 is 1. The molecule has 1 aromatic heterocycles. The number of aromatic nitrogens is 1. The van der Waals surface area contributed by atoms with Crippen molar-refractivity contribution in [2.75, 3.05) is 31.6 Å². The largest absolute Gasteiger partial charge is 0.385 e. The highest BCUT2D eigenvalue weighted by Crippen LogP contribution is 2.29. The fourth-order valence-electron chi connectivity index (χ4n) is 3.62.